The predicted octanol–water partition coefficient (Wildman–Crippen LogP) is 5.45. The quantitative estimate of drug-likeness (QED) is 0.341. The van der Waals surface area contributed by atoms with Crippen LogP contribution in [-0.2, 0) is 6.54 Å². The number of benzene rings is 2. The maximum absolute atomic E-state index is 11.1. The van der Waals surface area contributed by atoms with Gasteiger partial charge in [-0.3, -0.25) is 15.5 Å². The van der Waals surface area contributed by atoms with Gasteiger partial charge in [-0.15, -0.1) is 0 Å². The van der Waals surface area contributed by atoms with Crippen molar-refractivity contribution in [2.75, 3.05) is 5.43 Å². The fraction of sp³-hybridized carbons (Fsp3) is 0.211. The van der Waals surface area contributed by atoms with E-state index in [1.807, 2.05) is 24.3 Å². The van der Waals surface area contributed by atoms with Crippen LogP contribution in [0.2, 0.25) is 5.15 Å². The van der Waals surface area contributed by atoms with Gasteiger partial charge in [0.2, 0.25) is 0 Å². The number of nitro benzene ring substituents is 1. The van der Waals surface area contributed by atoms with E-state index in [0.717, 1.165) is 35.9 Å². The van der Waals surface area contributed by atoms with Crippen LogP contribution in [-0.4, -0.2) is 15.7 Å². The Balaban J connectivity index is 1.93. The molecule has 0 amide bonds. The van der Waals surface area contributed by atoms with E-state index in [1.165, 1.54) is 6.07 Å². The first-order valence-electron chi connectivity index (χ1n) is 8.42. The molecule has 3 rings (SSSR count). The molecular weight excluding hydrogens is 352 g/mol. The van der Waals surface area contributed by atoms with Crippen molar-refractivity contribution >= 4 is 40.1 Å². The smallest absolute Gasteiger partial charge is 0.294 e. The molecule has 0 unspecified atom stereocenters. The molecule has 0 atom stereocenters. The average molecular weight is 371 g/mol. The highest BCUT2D eigenvalue weighted by atomic mass is 35.5. The normalized spacial score (nSPS) is 11.3. The van der Waals surface area contributed by atoms with Crippen LogP contribution in [0, 0.1) is 10.1 Å². The van der Waals surface area contributed by atoms with Crippen molar-refractivity contribution in [1.29, 1.82) is 0 Å². The Hall–Kier alpha value is -2.86. The zero-order chi connectivity index (χ0) is 18.5. The second kappa shape index (κ2) is 8.01. The van der Waals surface area contributed by atoms with Crippen molar-refractivity contribution in [3.63, 3.8) is 0 Å². The first-order chi connectivity index (χ1) is 12.6. The number of hydrogen-bond donors (Lipinski definition) is 1. The fourth-order valence-electron chi connectivity index (χ4n) is 2.85. The van der Waals surface area contributed by atoms with Gasteiger partial charge in [0, 0.05) is 29.1 Å². The van der Waals surface area contributed by atoms with Crippen LogP contribution in [0.4, 0.5) is 11.4 Å². The summed E-state index contributed by atoms with van der Waals surface area (Å²) in [6, 6.07) is 14.3. The molecule has 1 aromatic heterocycles. The minimum absolute atomic E-state index is 0.0267. The standard InChI is InChI=1S/C19H19ClN4O2/c1-2-3-12-23-17-10-6-4-8-14(17)15(19(23)20)13-21-22-16-9-5-7-11-18(16)24(25)26/h4-11,13,22H,2-3,12H2,1H3. The highest BCUT2D eigenvalue weighted by molar-refractivity contribution is 6.34. The summed E-state index contributed by atoms with van der Waals surface area (Å²) in [7, 11) is 0. The van der Waals surface area contributed by atoms with Gasteiger partial charge in [-0.25, -0.2) is 0 Å². The number of aryl methyl sites for hydroxylation is 1. The molecule has 0 aliphatic carbocycles. The Morgan fingerprint density at radius 1 is 1.23 bits per heavy atom. The SMILES string of the molecule is CCCCn1c(Cl)c(C=NNc2ccccc2[N+](=O)[O-])c2ccccc21. The third-order valence-corrected chi connectivity index (χ3v) is 4.57. The number of nitrogens with one attached hydrogen (secondary N) is 1. The Morgan fingerprint density at radius 2 is 1.96 bits per heavy atom. The van der Waals surface area contributed by atoms with Crippen LogP contribution in [0.3, 0.4) is 0 Å². The van der Waals surface area contributed by atoms with Crippen molar-refractivity contribution in [3.05, 3.63) is 69.4 Å². The number of nitrogens with zero attached hydrogens (tertiary/aromatic N) is 3. The van der Waals surface area contributed by atoms with Gasteiger partial charge in [-0.1, -0.05) is 55.3 Å². The van der Waals surface area contributed by atoms with Gasteiger partial charge in [-0.05, 0) is 18.6 Å². The second-order valence-corrected chi connectivity index (χ2v) is 6.23. The minimum atomic E-state index is -0.443. The van der Waals surface area contributed by atoms with E-state index >= 15 is 0 Å². The topological polar surface area (TPSA) is 72.5 Å². The zero-order valence-corrected chi connectivity index (χ0v) is 15.1. The number of fused-ring (bicyclic) bond motifs is 1. The molecule has 1 N–H and O–H groups in total. The van der Waals surface area contributed by atoms with E-state index in [9.17, 15) is 10.1 Å². The number of anilines is 1. The molecule has 6 nitrogen and oxygen atoms in total. The lowest BCUT2D eigenvalue weighted by Gasteiger charge is -2.05. The Labute approximate surface area is 156 Å². The summed E-state index contributed by atoms with van der Waals surface area (Å²) in [6.07, 6.45) is 3.72. The third-order valence-electron chi connectivity index (χ3n) is 4.16. The zero-order valence-electron chi connectivity index (χ0n) is 14.4. The molecule has 26 heavy (non-hydrogen) atoms. The van der Waals surface area contributed by atoms with Crippen LogP contribution in [0.25, 0.3) is 10.9 Å². The number of hydrazone groups is 1. The molecule has 3 aromatic rings. The lowest BCUT2D eigenvalue weighted by atomic mass is 10.2. The molecule has 0 saturated carbocycles. The molecular formula is C19H19ClN4O2. The van der Waals surface area contributed by atoms with Crippen molar-refractivity contribution in [1.82, 2.24) is 4.57 Å². The van der Waals surface area contributed by atoms with Crippen LogP contribution in [0.1, 0.15) is 25.3 Å². The number of halogens is 1. The van der Waals surface area contributed by atoms with Gasteiger partial charge >= 0.3 is 0 Å². The van der Waals surface area contributed by atoms with Gasteiger partial charge < -0.3 is 4.57 Å². The number of aromatic nitrogens is 1. The molecule has 0 saturated heterocycles. The highest BCUT2D eigenvalue weighted by Gasteiger charge is 2.14. The summed E-state index contributed by atoms with van der Waals surface area (Å²) < 4.78 is 2.08. The Morgan fingerprint density at radius 3 is 2.73 bits per heavy atom. The lowest BCUT2D eigenvalue weighted by Crippen LogP contribution is -1.98. The number of nitro groups is 1. The molecule has 0 bridgehead atoms. The molecule has 1 heterocycles. The number of para-hydroxylation sites is 3. The van der Waals surface area contributed by atoms with Crippen LogP contribution in [0.15, 0.2) is 53.6 Å². The second-order valence-electron chi connectivity index (χ2n) is 5.87. The van der Waals surface area contributed by atoms with E-state index in [1.54, 1.807) is 24.4 Å². The first-order valence-corrected chi connectivity index (χ1v) is 8.80. The van der Waals surface area contributed by atoms with E-state index < -0.39 is 4.92 Å². The molecule has 0 aliphatic rings. The Kier molecular flexibility index (Phi) is 5.53. The van der Waals surface area contributed by atoms with Crippen molar-refractivity contribution in [2.24, 2.45) is 5.10 Å². The van der Waals surface area contributed by atoms with Crippen LogP contribution >= 0.6 is 11.6 Å². The lowest BCUT2D eigenvalue weighted by molar-refractivity contribution is -0.384. The van der Waals surface area contributed by atoms with Crippen molar-refractivity contribution in [3.8, 4) is 0 Å². The molecule has 0 spiro atoms. The molecule has 0 aliphatic heterocycles. The van der Waals surface area contributed by atoms with E-state index in [2.05, 4.69) is 22.0 Å². The number of unbranched alkanes of at least 4 members (excludes halogenated alkanes) is 1. The number of hydrogen-bond acceptors (Lipinski definition) is 4. The summed E-state index contributed by atoms with van der Waals surface area (Å²) in [4.78, 5) is 10.6. The minimum Gasteiger partial charge on any atom is -0.331 e. The van der Waals surface area contributed by atoms with Crippen molar-refractivity contribution < 1.29 is 4.92 Å². The fourth-order valence-corrected chi connectivity index (χ4v) is 3.18. The largest absolute Gasteiger partial charge is 0.331 e. The summed E-state index contributed by atoms with van der Waals surface area (Å²) >= 11 is 6.59. The van der Waals surface area contributed by atoms with Gasteiger partial charge in [0.05, 0.1) is 11.1 Å². The predicted molar refractivity (Wildman–Crippen MR) is 106 cm³/mol. The van der Waals surface area contributed by atoms with E-state index in [4.69, 9.17) is 11.6 Å². The van der Waals surface area contributed by atoms with E-state index in [0.29, 0.717) is 10.8 Å². The van der Waals surface area contributed by atoms with Gasteiger partial charge in [0.1, 0.15) is 10.8 Å². The molecule has 7 heteroatoms. The van der Waals surface area contributed by atoms with Crippen LogP contribution in [0.5, 0.6) is 0 Å². The average Bonchev–Trinajstić information content (AvgIpc) is 2.92. The Bertz CT molecular complexity index is 965. The maximum Gasteiger partial charge on any atom is 0.294 e. The maximum atomic E-state index is 11.1. The number of rotatable bonds is 7. The highest BCUT2D eigenvalue weighted by Crippen LogP contribution is 2.29. The summed E-state index contributed by atoms with van der Waals surface area (Å²) in [5, 5.41) is 16.9. The van der Waals surface area contributed by atoms with Gasteiger partial charge in [0.25, 0.3) is 5.69 Å². The van der Waals surface area contributed by atoms with Crippen molar-refractivity contribution in [2.45, 2.75) is 26.3 Å². The summed E-state index contributed by atoms with van der Waals surface area (Å²) in [5.74, 6) is 0. The third kappa shape index (κ3) is 3.55. The molecule has 2 aromatic carbocycles. The van der Waals surface area contributed by atoms with Crippen LogP contribution < -0.4 is 5.43 Å². The van der Waals surface area contributed by atoms with E-state index in [-0.39, 0.29) is 5.69 Å². The molecule has 134 valence electrons. The molecule has 0 fully saturated rings. The molecule has 0 radical (unpaired) electrons. The first kappa shape index (κ1) is 17.9. The summed E-state index contributed by atoms with van der Waals surface area (Å²) in [6.45, 7) is 2.97. The monoisotopic (exact) mass is 370 g/mol. The summed E-state index contributed by atoms with van der Waals surface area (Å²) in [5.41, 5.74) is 4.90. The van der Waals surface area contributed by atoms with Gasteiger partial charge in [0.15, 0.2) is 0 Å². The van der Waals surface area contributed by atoms with Gasteiger partial charge in [-0.2, -0.15) is 5.10 Å².